The van der Waals surface area contributed by atoms with E-state index >= 15 is 0 Å². The summed E-state index contributed by atoms with van der Waals surface area (Å²) in [6.07, 6.45) is 0.968. The molecule has 1 aromatic carbocycles. The number of carbonyl (C=O) groups is 1. The van der Waals surface area contributed by atoms with Gasteiger partial charge in [-0.3, -0.25) is 4.79 Å². The van der Waals surface area contributed by atoms with Gasteiger partial charge < -0.3 is 24.8 Å². The first kappa shape index (κ1) is 17.9. The monoisotopic (exact) mass is 310 g/mol. The van der Waals surface area contributed by atoms with Crippen molar-refractivity contribution in [2.24, 2.45) is 5.92 Å². The Bertz CT molecular complexity index is 464. The highest BCUT2D eigenvalue weighted by molar-refractivity contribution is 5.81. The van der Waals surface area contributed by atoms with Gasteiger partial charge in [0, 0.05) is 24.4 Å². The van der Waals surface area contributed by atoms with Crippen LogP contribution in [0.1, 0.15) is 20.3 Å². The van der Waals surface area contributed by atoms with Gasteiger partial charge in [-0.05, 0) is 12.3 Å². The fourth-order valence-electron chi connectivity index (χ4n) is 1.93. The first-order chi connectivity index (χ1) is 10.5. The van der Waals surface area contributed by atoms with Crippen LogP contribution in [-0.2, 0) is 4.79 Å². The Hall–Kier alpha value is -2.11. The summed E-state index contributed by atoms with van der Waals surface area (Å²) in [6, 6.07) is 3.53. The second kappa shape index (κ2) is 9.02. The number of rotatable bonds is 9. The Morgan fingerprint density at radius 2 is 1.68 bits per heavy atom. The lowest BCUT2D eigenvalue weighted by atomic mass is 10.1. The molecule has 0 bridgehead atoms. The molecule has 0 spiro atoms. The summed E-state index contributed by atoms with van der Waals surface area (Å²) < 4.78 is 15.8. The van der Waals surface area contributed by atoms with Crippen LogP contribution in [0.4, 0.5) is 5.69 Å². The highest BCUT2D eigenvalue weighted by Gasteiger charge is 2.13. The predicted molar refractivity (Wildman–Crippen MR) is 87.1 cm³/mol. The molecule has 0 radical (unpaired) electrons. The zero-order chi connectivity index (χ0) is 16.5. The maximum absolute atomic E-state index is 11.8. The number of benzene rings is 1. The van der Waals surface area contributed by atoms with Gasteiger partial charge in [0.05, 0.1) is 27.9 Å². The quantitative estimate of drug-likeness (QED) is 0.732. The third-order valence-corrected chi connectivity index (χ3v) is 3.16. The molecule has 22 heavy (non-hydrogen) atoms. The van der Waals surface area contributed by atoms with Crippen molar-refractivity contribution < 1.29 is 19.0 Å². The van der Waals surface area contributed by atoms with Crippen molar-refractivity contribution in [3.05, 3.63) is 12.1 Å². The lowest BCUT2D eigenvalue weighted by Crippen LogP contribution is -2.31. The maximum Gasteiger partial charge on any atom is 0.239 e. The summed E-state index contributed by atoms with van der Waals surface area (Å²) in [5.74, 6) is 2.14. The number of nitrogens with one attached hydrogen (secondary N) is 2. The van der Waals surface area contributed by atoms with E-state index in [1.807, 2.05) is 0 Å². The van der Waals surface area contributed by atoms with Gasteiger partial charge in [-0.2, -0.15) is 0 Å². The highest BCUT2D eigenvalue weighted by atomic mass is 16.5. The van der Waals surface area contributed by atoms with Crippen molar-refractivity contribution in [2.75, 3.05) is 39.7 Å². The Balaban J connectivity index is 2.64. The molecular weight excluding hydrogens is 284 g/mol. The summed E-state index contributed by atoms with van der Waals surface area (Å²) in [4.78, 5) is 11.8. The van der Waals surface area contributed by atoms with E-state index in [1.165, 1.54) is 0 Å². The van der Waals surface area contributed by atoms with Crippen LogP contribution >= 0.6 is 0 Å². The minimum Gasteiger partial charge on any atom is -0.493 e. The summed E-state index contributed by atoms with van der Waals surface area (Å²) >= 11 is 0. The standard InChI is InChI=1S/C16H26N2O4/c1-11(2)6-7-17-15(19)10-18-12-8-13(20-3)16(22-5)14(9-12)21-4/h8-9,11,18H,6-7,10H2,1-5H3,(H,17,19). The zero-order valence-electron chi connectivity index (χ0n) is 14.0. The van der Waals surface area contributed by atoms with Gasteiger partial charge in [-0.25, -0.2) is 0 Å². The van der Waals surface area contributed by atoms with Gasteiger partial charge >= 0.3 is 0 Å². The molecule has 0 saturated carbocycles. The zero-order valence-corrected chi connectivity index (χ0v) is 14.0. The SMILES string of the molecule is COc1cc(NCC(=O)NCCC(C)C)cc(OC)c1OC. The van der Waals surface area contributed by atoms with E-state index in [0.717, 1.165) is 12.1 Å². The first-order valence-corrected chi connectivity index (χ1v) is 7.32. The van der Waals surface area contributed by atoms with Crippen molar-refractivity contribution in [2.45, 2.75) is 20.3 Å². The van der Waals surface area contributed by atoms with Crippen LogP contribution in [-0.4, -0.2) is 40.3 Å². The van der Waals surface area contributed by atoms with Gasteiger partial charge in [0.15, 0.2) is 11.5 Å². The fraction of sp³-hybridized carbons (Fsp3) is 0.562. The first-order valence-electron chi connectivity index (χ1n) is 7.32. The van der Waals surface area contributed by atoms with Gasteiger partial charge in [0.25, 0.3) is 0 Å². The molecule has 0 aromatic heterocycles. The van der Waals surface area contributed by atoms with Gasteiger partial charge in [0.2, 0.25) is 11.7 Å². The summed E-state index contributed by atoms with van der Waals surface area (Å²) in [7, 11) is 4.66. The topological polar surface area (TPSA) is 68.8 Å². The van der Waals surface area contributed by atoms with Crippen molar-refractivity contribution in [1.29, 1.82) is 0 Å². The Kier molecular flexibility index (Phi) is 7.36. The van der Waals surface area contributed by atoms with Gasteiger partial charge in [-0.1, -0.05) is 13.8 Å². The number of carbonyl (C=O) groups excluding carboxylic acids is 1. The second-order valence-corrected chi connectivity index (χ2v) is 5.30. The van der Waals surface area contributed by atoms with E-state index in [4.69, 9.17) is 14.2 Å². The molecule has 0 fully saturated rings. The number of ether oxygens (including phenoxy) is 3. The Morgan fingerprint density at radius 3 is 2.14 bits per heavy atom. The normalized spacial score (nSPS) is 10.3. The summed E-state index contributed by atoms with van der Waals surface area (Å²) in [5.41, 5.74) is 0.730. The molecule has 124 valence electrons. The molecule has 1 aromatic rings. The molecule has 1 rings (SSSR count). The smallest absolute Gasteiger partial charge is 0.239 e. The third-order valence-electron chi connectivity index (χ3n) is 3.16. The minimum atomic E-state index is -0.0469. The van der Waals surface area contributed by atoms with Crippen LogP contribution in [0.5, 0.6) is 17.2 Å². The summed E-state index contributed by atoms with van der Waals surface area (Å²) in [6.45, 7) is 5.13. The van der Waals surface area contributed by atoms with E-state index < -0.39 is 0 Å². The average Bonchev–Trinajstić information content (AvgIpc) is 2.51. The molecule has 0 aliphatic rings. The number of hydrogen-bond donors (Lipinski definition) is 2. The lowest BCUT2D eigenvalue weighted by Gasteiger charge is -2.15. The van der Waals surface area contributed by atoms with Gasteiger partial charge in [0.1, 0.15) is 0 Å². The van der Waals surface area contributed by atoms with Crippen LogP contribution < -0.4 is 24.8 Å². The van der Waals surface area contributed by atoms with Crippen LogP contribution in [0.3, 0.4) is 0 Å². The number of hydrogen-bond acceptors (Lipinski definition) is 5. The third kappa shape index (κ3) is 5.35. The molecule has 6 nitrogen and oxygen atoms in total. The van der Waals surface area contributed by atoms with Gasteiger partial charge in [-0.15, -0.1) is 0 Å². The number of amides is 1. The highest BCUT2D eigenvalue weighted by Crippen LogP contribution is 2.39. The molecule has 0 atom stereocenters. The molecule has 0 aliphatic carbocycles. The maximum atomic E-state index is 11.8. The van der Waals surface area contributed by atoms with Crippen LogP contribution in [0, 0.1) is 5.92 Å². The van der Waals surface area contributed by atoms with E-state index in [-0.39, 0.29) is 12.5 Å². The van der Waals surface area contributed by atoms with Crippen LogP contribution in [0.2, 0.25) is 0 Å². The number of methoxy groups -OCH3 is 3. The van der Waals surface area contributed by atoms with Crippen molar-refractivity contribution >= 4 is 11.6 Å². The summed E-state index contributed by atoms with van der Waals surface area (Å²) in [5, 5.41) is 5.93. The van der Waals surface area contributed by atoms with E-state index in [2.05, 4.69) is 24.5 Å². The molecule has 6 heteroatoms. The van der Waals surface area contributed by atoms with E-state index in [0.29, 0.717) is 29.7 Å². The average molecular weight is 310 g/mol. The molecule has 0 aliphatic heterocycles. The predicted octanol–water partition coefficient (Wildman–Crippen LogP) is 2.29. The molecule has 0 unspecified atom stereocenters. The van der Waals surface area contributed by atoms with Crippen molar-refractivity contribution in [1.82, 2.24) is 5.32 Å². The molecule has 1 amide bonds. The molecular formula is C16H26N2O4. The number of anilines is 1. The lowest BCUT2D eigenvalue weighted by molar-refractivity contribution is -0.119. The van der Waals surface area contributed by atoms with E-state index in [9.17, 15) is 4.79 Å². The fourth-order valence-corrected chi connectivity index (χ4v) is 1.93. The Morgan fingerprint density at radius 1 is 1.09 bits per heavy atom. The van der Waals surface area contributed by atoms with Crippen molar-refractivity contribution in [3.8, 4) is 17.2 Å². The molecule has 0 heterocycles. The largest absolute Gasteiger partial charge is 0.493 e. The van der Waals surface area contributed by atoms with Crippen LogP contribution in [0.15, 0.2) is 12.1 Å². The minimum absolute atomic E-state index is 0.0469. The Labute approximate surface area is 132 Å². The van der Waals surface area contributed by atoms with E-state index in [1.54, 1.807) is 33.5 Å². The molecule has 0 saturated heterocycles. The van der Waals surface area contributed by atoms with Crippen LogP contribution in [0.25, 0.3) is 0 Å². The second-order valence-electron chi connectivity index (χ2n) is 5.30. The molecule has 2 N–H and O–H groups in total. The van der Waals surface area contributed by atoms with Crippen molar-refractivity contribution in [3.63, 3.8) is 0 Å².